The third-order valence-electron chi connectivity index (χ3n) is 3.82. The van der Waals surface area contributed by atoms with Crippen LogP contribution in [0.2, 0.25) is 10.0 Å². The van der Waals surface area contributed by atoms with Gasteiger partial charge < -0.3 is 9.64 Å². The van der Waals surface area contributed by atoms with Crippen LogP contribution in [0, 0.1) is 5.92 Å². The summed E-state index contributed by atoms with van der Waals surface area (Å²) in [6, 6.07) is 5.45. The van der Waals surface area contributed by atoms with Crippen LogP contribution in [-0.2, 0) is 4.74 Å². The van der Waals surface area contributed by atoms with Gasteiger partial charge in [-0.2, -0.15) is 0 Å². The Hall–Kier alpha value is -1.46. The van der Waals surface area contributed by atoms with Crippen molar-refractivity contribution in [2.45, 2.75) is 33.2 Å². The molecule has 1 aliphatic rings. The number of halogens is 2. The van der Waals surface area contributed by atoms with Crippen LogP contribution in [0.4, 0.5) is 4.79 Å². The molecule has 0 saturated carbocycles. The molecule has 0 fully saturated rings. The summed E-state index contributed by atoms with van der Waals surface area (Å²) in [5.41, 5.74) is 0.953. The molecule has 0 saturated heterocycles. The Labute approximate surface area is 153 Å². The largest absolute Gasteiger partial charge is 0.450 e. The summed E-state index contributed by atoms with van der Waals surface area (Å²) < 4.78 is 4.96. The highest BCUT2D eigenvalue weighted by Crippen LogP contribution is 2.33. The second-order valence-electron chi connectivity index (χ2n) is 6.07. The minimum absolute atomic E-state index is 0.0227. The van der Waals surface area contributed by atoms with Crippen LogP contribution >= 0.6 is 23.2 Å². The number of guanidine groups is 1. The highest BCUT2D eigenvalue weighted by molar-refractivity contribution is 6.35. The SMILES string of the molecule is CCOC(=O)NC1=NCC(c2ccc(Cl)cc2Cl)N1CCC(C)C. The minimum Gasteiger partial charge on any atom is -0.450 e. The van der Waals surface area contributed by atoms with Crippen molar-refractivity contribution >= 4 is 35.3 Å². The van der Waals surface area contributed by atoms with Gasteiger partial charge in [0.1, 0.15) is 0 Å². The molecule has 1 amide bonds. The molecule has 2 rings (SSSR count). The summed E-state index contributed by atoms with van der Waals surface area (Å²) >= 11 is 12.4. The van der Waals surface area contributed by atoms with Crippen molar-refractivity contribution in [2.24, 2.45) is 10.9 Å². The highest BCUT2D eigenvalue weighted by atomic mass is 35.5. The Balaban J connectivity index is 2.20. The van der Waals surface area contributed by atoms with Crippen molar-refractivity contribution in [3.05, 3.63) is 33.8 Å². The van der Waals surface area contributed by atoms with Crippen molar-refractivity contribution in [1.29, 1.82) is 0 Å². The van der Waals surface area contributed by atoms with Crippen molar-refractivity contribution in [3.8, 4) is 0 Å². The Morgan fingerprint density at radius 2 is 2.21 bits per heavy atom. The number of amides is 1. The minimum atomic E-state index is -0.492. The molecule has 0 spiro atoms. The van der Waals surface area contributed by atoms with Crippen LogP contribution in [0.5, 0.6) is 0 Å². The molecule has 1 unspecified atom stereocenters. The third-order valence-corrected chi connectivity index (χ3v) is 4.38. The molecule has 1 aliphatic heterocycles. The average molecular weight is 372 g/mol. The van der Waals surface area contributed by atoms with Gasteiger partial charge in [-0.05, 0) is 37.0 Å². The van der Waals surface area contributed by atoms with Crippen LogP contribution in [0.25, 0.3) is 0 Å². The van der Waals surface area contributed by atoms with Crippen molar-refractivity contribution in [3.63, 3.8) is 0 Å². The standard InChI is InChI=1S/C17H23Cl2N3O2/c1-4-24-17(23)21-16-20-10-15(22(16)8-7-11(2)3)13-6-5-12(18)9-14(13)19/h5-6,9,11,15H,4,7-8,10H2,1-3H3,(H,20,21,23). The van der Waals surface area contributed by atoms with Gasteiger partial charge in [0.25, 0.3) is 0 Å². The normalized spacial score (nSPS) is 17.2. The summed E-state index contributed by atoms with van der Waals surface area (Å²) in [4.78, 5) is 18.3. The highest BCUT2D eigenvalue weighted by Gasteiger charge is 2.31. The number of carbonyl (C=O) groups excluding carboxylic acids is 1. The number of hydrogen-bond donors (Lipinski definition) is 1. The van der Waals surface area contributed by atoms with E-state index in [4.69, 9.17) is 27.9 Å². The lowest BCUT2D eigenvalue weighted by molar-refractivity contribution is 0.156. The molecular formula is C17H23Cl2N3O2. The second-order valence-corrected chi connectivity index (χ2v) is 6.91. The molecule has 1 heterocycles. The fourth-order valence-corrected chi connectivity index (χ4v) is 3.11. The number of ether oxygens (including phenoxy) is 1. The zero-order chi connectivity index (χ0) is 17.7. The van der Waals surface area contributed by atoms with Gasteiger partial charge in [-0.15, -0.1) is 0 Å². The summed E-state index contributed by atoms with van der Waals surface area (Å²) in [7, 11) is 0. The maximum absolute atomic E-state index is 11.8. The molecule has 5 nitrogen and oxygen atoms in total. The molecule has 24 heavy (non-hydrogen) atoms. The molecule has 0 aromatic heterocycles. The van der Waals surface area contributed by atoms with E-state index in [9.17, 15) is 4.79 Å². The molecule has 1 atom stereocenters. The van der Waals surface area contributed by atoms with Gasteiger partial charge in [-0.1, -0.05) is 43.1 Å². The van der Waals surface area contributed by atoms with Crippen LogP contribution < -0.4 is 5.32 Å². The van der Waals surface area contributed by atoms with E-state index in [1.807, 2.05) is 12.1 Å². The summed E-state index contributed by atoms with van der Waals surface area (Å²) in [6.07, 6.45) is 0.485. The van der Waals surface area contributed by atoms with Gasteiger partial charge in [-0.25, -0.2) is 4.79 Å². The molecule has 0 radical (unpaired) electrons. The number of carbonyl (C=O) groups is 1. The third kappa shape index (κ3) is 4.77. The first-order chi connectivity index (χ1) is 11.4. The number of hydrogen-bond acceptors (Lipinski definition) is 4. The van der Waals surface area contributed by atoms with Crippen LogP contribution in [0.1, 0.15) is 38.8 Å². The molecule has 132 valence electrons. The van der Waals surface area contributed by atoms with Gasteiger partial charge in [0.05, 0.1) is 19.2 Å². The first kappa shape index (κ1) is 18.9. The maximum Gasteiger partial charge on any atom is 0.413 e. The molecular weight excluding hydrogens is 349 g/mol. The monoisotopic (exact) mass is 371 g/mol. The molecule has 0 aliphatic carbocycles. The molecule has 7 heteroatoms. The fraction of sp³-hybridized carbons (Fsp3) is 0.529. The topological polar surface area (TPSA) is 53.9 Å². The number of aliphatic imine (C=N–C) groups is 1. The lowest BCUT2D eigenvalue weighted by atomic mass is 10.0. The first-order valence-corrected chi connectivity index (χ1v) is 8.87. The molecule has 0 bridgehead atoms. The Morgan fingerprint density at radius 3 is 2.83 bits per heavy atom. The van der Waals surface area contributed by atoms with E-state index in [0.717, 1.165) is 18.5 Å². The predicted octanol–water partition coefficient (Wildman–Crippen LogP) is 4.50. The van der Waals surface area contributed by atoms with Gasteiger partial charge in [0.2, 0.25) is 5.96 Å². The van der Waals surface area contributed by atoms with Crippen molar-refractivity contribution < 1.29 is 9.53 Å². The van der Waals surface area contributed by atoms with Gasteiger partial charge in [-0.3, -0.25) is 10.3 Å². The van der Waals surface area contributed by atoms with E-state index in [2.05, 4.69) is 29.1 Å². The van der Waals surface area contributed by atoms with Crippen molar-refractivity contribution in [1.82, 2.24) is 10.2 Å². The Morgan fingerprint density at radius 1 is 1.46 bits per heavy atom. The zero-order valence-corrected chi connectivity index (χ0v) is 15.7. The molecule has 1 N–H and O–H groups in total. The van der Waals surface area contributed by atoms with Gasteiger partial charge >= 0.3 is 6.09 Å². The van der Waals surface area contributed by atoms with Crippen LogP contribution in [-0.4, -0.2) is 36.6 Å². The summed E-state index contributed by atoms with van der Waals surface area (Å²) in [5, 5.41) is 3.93. The number of nitrogens with zero attached hydrogens (tertiary/aromatic N) is 2. The smallest absolute Gasteiger partial charge is 0.413 e. The van der Waals surface area contributed by atoms with Gasteiger partial charge in [0, 0.05) is 16.6 Å². The van der Waals surface area contributed by atoms with E-state index < -0.39 is 6.09 Å². The lowest BCUT2D eigenvalue weighted by Crippen LogP contribution is -2.43. The van der Waals surface area contributed by atoms with Crippen LogP contribution in [0.3, 0.4) is 0 Å². The summed E-state index contributed by atoms with van der Waals surface area (Å²) in [6.45, 7) is 7.71. The number of nitrogens with one attached hydrogen (secondary N) is 1. The predicted molar refractivity (Wildman–Crippen MR) is 97.8 cm³/mol. The first-order valence-electron chi connectivity index (χ1n) is 8.12. The van der Waals surface area contributed by atoms with Gasteiger partial charge in [0.15, 0.2) is 0 Å². The number of benzene rings is 1. The number of alkyl carbamates (subject to hydrolysis) is 1. The maximum atomic E-state index is 11.8. The van der Waals surface area contributed by atoms with E-state index in [-0.39, 0.29) is 6.04 Å². The quantitative estimate of drug-likeness (QED) is 0.828. The fourth-order valence-electron chi connectivity index (χ4n) is 2.58. The van der Waals surface area contributed by atoms with Crippen molar-refractivity contribution in [2.75, 3.05) is 19.7 Å². The van der Waals surface area contributed by atoms with E-state index in [1.54, 1.807) is 13.0 Å². The Bertz CT molecular complexity index is 620. The van der Waals surface area contributed by atoms with Crippen LogP contribution in [0.15, 0.2) is 23.2 Å². The van der Waals surface area contributed by atoms with E-state index >= 15 is 0 Å². The number of rotatable bonds is 5. The second kappa shape index (κ2) is 8.58. The molecule has 1 aromatic carbocycles. The molecule has 1 aromatic rings. The Kier molecular flexibility index (Phi) is 6.75. The van der Waals surface area contributed by atoms with E-state index in [0.29, 0.717) is 35.1 Å². The lowest BCUT2D eigenvalue weighted by Gasteiger charge is -2.29. The van der Waals surface area contributed by atoms with E-state index in [1.165, 1.54) is 0 Å². The zero-order valence-electron chi connectivity index (χ0n) is 14.2. The summed E-state index contributed by atoms with van der Waals surface area (Å²) in [5.74, 6) is 1.07. The average Bonchev–Trinajstić information content (AvgIpc) is 2.88.